The number of ether oxygens (including phenoxy) is 2. The van der Waals surface area contributed by atoms with Crippen LogP contribution < -0.4 is 0 Å². The maximum absolute atomic E-state index is 13.9. The molecule has 2 N–H and O–H groups in total. The fraction of sp³-hybridized carbons (Fsp3) is 0.467. The van der Waals surface area contributed by atoms with E-state index in [1.54, 1.807) is 19.3 Å². The number of fused-ring (bicyclic) bond motifs is 2. The Kier molecular flexibility index (Phi) is 8.35. The molecule has 1 saturated carbocycles. The van der Waals surface area contributed by atoms with Crippen molar-refractivity contribution >= 4 is 35.6 Å². The van der Waals surface area contributed by atoms with E-state index in [0.717, 1.165) is 5.56 Å². The van der Waals surface area contributed by atoms with E-state index in [1.165, 1.54) is 25.8 Å². The minimum Gasteiger partial charge on any atom is -0.504 e. The number of thioether (sulfide) groups is 1. The lowest BCUT2D eigenvalue weighted by Gasteiger charge is -2.51. The van der Waals surface area contributed by atoms with E-state index < -0.39 is 46.5 Å². The van der Waals surface area contributed by atoms with E-state index in [4.69, 9.17) is 9.47 Å². The van der Waals surface area contributed by atoms with Gasteiger partial charge in [0, 0.05) is 60.7 Å². The number of carbonyl (C=O) groups excluding carboxylic acids is 4. The first kappa shape index (κ1) is 29.0. The van der Waals surface area contributed by atoms with Gasteiger partial charge >= 0.3 is 5.97 Å². The third kappa shape index (κ3) is 4.92. The average molecular weight is 555 g/mol. The second-order valence-electron chi connectivity index (χ2n) is 10.8. The molecule has 39 heavy (non-hydrogen) atoms. The Labute approximate surface area is 232 Å². The van der Waals surface area contributed by atoms with Crippen LogP contribution in [-0.2, 0) is 34.4 Å². The largest absolute Gasteiger partial charge is 0.504 e. The van der Waals surface area contributed by atoms with Crippen LogP contribution in [0.15, 0.2) is 63.8 Å². The molecule has 1 fully saturated rings. The van der Waals surface area contributed by atoms with Crippen LogP contribution in [0.1, 0.15) is 45.6 Å². The van der Waals surface area contributed by atoms with Crippen molar-refractivity contribution < 1.29 is 38.9 Å². The highest BCUT2D eigenvalue weighted by Gasteiger charge is 2.62. The SMILES string of the molecule is COCC(O)[C@@]1(C)C(/C(C=O)=C\SCc2ccccc2)=C(O)C(=O)C2=C1C(OC(C)=O)C[C@]1(C)C(=O)CCC21. The van der Waals surface area contributed by atoms with Crippen LogP contribution in [0.25, 0.3) is 0 Å². The van der Waals surface area contributed by atoms with Gasteiger partial charge in [-0.05, 0) is 29.9 Å². The molecule has 1 aromatic rings. The number of aldehydes is 1. The monoisotopic (exact) mass is 554 g/mol. The molecule has 9 heteroatoms. The summed E-state index contributed by atoms with van der Waals surface area (Å²) in [6.45, 7) is 4.44. The lowest BCUT2D eigenvalue weighted by Crippen LogP contribution is -2.53. The Morgan fingerprint density at radius 2 is 1.92 bits per heavy atom. The molecule has 0 aromatic heterocycles. The molecule has 3 aliphatic rings. The number of Topliss-reactive ketones (excluding diaryl/α,β-unsaturated/α-hetero) is 2. The Bertz CT molecular complexity index is 1280. The Balaban J connectivity index is 1.91. The number of benzene rings is 1. The number of hydrogen-bond donors (Lipinski definition) is 2. The van der Waals surface area contributed by atoms with Gasteiger partial charge in [-0.3, -0.25) is 19.2 Å². The zero-order chi connectivity index (χ0) is 28.5. The molecule has 0 spiro atoms. The smallest absolute Gasteiger partial charge is 0.303 e. The van der Waals surface area contributed by atoms with E-state index in [2.05, 4.69) is 0 Å². The standard InChI is InChI=1S/C30H34O8S/c1-17(32)38-21-12-29(2)20(10-11-22(29)33)24-26(21)30(3,23(34)14-37-4)25(28(36)27(24)35)19(13-31)16-39-15-18-8-6-5-7-9-18/h5-9,13,16,20-21,23,34,36H,10-12,14-15H2,1-4H3/b19-16-/t20?,21?,23?,29-,30-/m0/s1. The number of aliphatic hydroxyl groups is 2. The fourth-order valence-electron chi connectivity index (χ4n) is 6.51. The van der Waals surface area contributed by atoms with Crippen LogP contribution in [0.2, 0.25) is 0 Å². The average Bonchev–Trinajstić information content (AvgIpc) is 3.19. The van der Waals surface area contributed by atoms with Crippen LogP contribution in [0.5, 0.6) is 0 Å². The van der Waals surface area contributed by atoms with Crippen LogP contribution >= 0.6 is 11.8 Å². The molecule has 0 heterocycles. The first-order valence-corrected chi connectivity index (χ1v) is 14.0. The van der Waals surface area contributed by atoms with Crippen molar-refractivity contribution in [3.63, 3.8) is 0 Å². The molecule has 3 aliphatic carbocycles. The highest BCUT2D eigenvalue weighted by molar-refractivity contribution is 8.01. The first-order chi connectivity index (χ1) is 18.5. The zero-order valence-electron chi connectivity index (χ0n) is 22.6. The van der Waals surface area contributed by atoms with Crippen molar-refractivity contribution in [3.8, 4) is 0 Å². The summed E-state index contributed by atoms with van der Waals surface area (Å²) in [6.07, 6.45) is -1.01. The highest BCUT2D eigenvalue weighted by atomic mass is 32.2. The Morgan fingerprint density at radius 3 is 2.54 bits per heavy atom. The minimum atomic E-state index is -1.53. The predicted octanol–water partition coefficient (Wildman–Crippen LogP) is 4.03. The predicted molar refractivity (Wildman–Crippen MR) is 146 cm³/mol. The first-order valence-electron chi connectivity index (χ1n) is 12.9. The number of carbonyl (C=O) groups is 4. The molecule has 0 bridgehead atoms. The molecule has 4 rings (SSSR count). The Morgan fingerprint density at radius 1 is 1.23 bits per heavy atom. The second kappa shape index (κ2) is 11.2. The summed E-state index contributed by atoms with van der Waals surface area (Å²) in [5.41, 5.74) is -0.994. The number of hydrogen-bond acceptors (Lipinski definition) is 9. The Hall–Kier alpha value is -3.01. The van der Waals surface area contributed by atoms with Gasteiger partial charge in [-0.25, -0.2) is 0 Å². The minimum absolute atomic E-state index is 0.0309. The number of rotatable bonds is 9. The summed E-state index contributed by atoms with van der Waals surface area (Å²) >= 11 is 1.31. The highest BCUT2D eigenvalue weighted by Crippen LogP contribution is 2.61. The molecule has 1 aromatic carbocycles. The maximum atomic E-state index is 13.9. The molecular weight excluding hydrogens is 520 g/mol. The third-order valence-electron chi connectivity index (χ3n) is 8.43. The van der Waals surface area contributed by atoms with Crippen LogP contribution in [0.4, 0.5) is 0 Å². The van der Waals surface area contributed by atoms with E-state index >= 15 is 0 Å². The molecule has 0 saturated heterocycles. The van der Waals surface area contributed by atoms with Gasteiger partial charge in [-0.15, -0.1) is 11.8 Å². The van der Waals surface area contributed by atoms with E-state index in [-0.39, 0.29) is 42.0 Å². The van der Waals surface area contributed by atoms with E-state index in [0.29, 0.717) is 24.0 Å². The van der Waals surface area contributed by atoms with Gasteiger partial charge in [-0.2, -0.15) is 0 Å². The number of methoxy groups -OCH3 is 1. The summed E-state index contributed by atoms with van der Waals surface area (Å²) in [6, 6.07) is 9.59. The number of esters is 1. The fourth-order valence-corrected chi connectivity index (χ4v) is 7.33. The summed E-state index contributed by atoms with van der Waals surface area (Å²) in [4.78, 5) is 51.6. The number of ketones is 2. The van der Waals surface area contributed by atoms with Crippen molar-refractivity contribution in [2.75, 3.05) is 13.7 Å². The van der Waals surface area contributed by atoms with Crippen LogP contribution in [0, 0.1) is 16.7 Å². The topological polar surface area (TPSA) is 127 Å². The van der Waals surface area contributed by atoms with Crippen molar-refractivity contribution in [2.24, 2.45) is 16.7 Å². The van der Waals surface area contributed by atoms with Crippen molar-refractivity contribution in [2.45, 2.75) is 58.0 Å². The third-order valence-corrected chi connectivity index (χ3v) is 9.35. The van der Waals surface area contributed by atoms with Crippen molar-refractivity contribution in [1.29, 1.82) is 0 Å². The van der Waals surface area contributed by atoms with E-state index in [9.17, 15) is 29.4 Å². The molecule has 0 aliphatic heterocycles. The summed E-state index contributed by atoms with van der Waals surface area (Å²) in [7, 11) is 1.41. The quantitative estimate of drug-likeness (QED) is 0.264. The molecule has 208 valence electrons. The number of allylic oxidation sites excluding steroid dienone is 2. The van der Waals surface area contributed by atoms with Gasteiger partial charge in [0.1, 0.15) is 11.9 Å². The van der Waals surface area contributed by atoms with Crippen LogP contribution in [-0.4, -0.2) is 60.0 Å². The molecule has 5 atom stereocenters. The number of aliphatic hydroxyl groups excluding tert-OH is 2. The molecular formula is C30H34O8S. The van der Waals surface area contributed by atoms with Gasteiger partial charge in [0.25, 0.3) is 0 Å². The second-order valence-corrected chi connectivity index (χ2v) is 11.6. The lowest BCUT2D eigenvalue weighted by atomic mass is 9.54. The summed E-state index contributed by atoms with van der Waals surface area (Å²) in [5.74, 6) is -2.01. The van der Waals surface area contributed by atoms with E-state index in [1.807, 2.05) is 30.3 Å². The van der Waals surface area contributed by atoms with Gasteiger partial charge < -0.3 is 19.7 Å². The summed E-state index contributed by atoms with van der Waals surface area (Å²) in [5, 5.41) is 24.5. The molecule has 8 nitrogen and oxygen atoms in total. The molecule has 0 radical (unpaired) electrons. The van der Waals surface area contributed by atoms with Gasteiger partial charge in [0.2, 0.25) is 5.78 Å². The summed E-state index contributed by atoms with van der Waals surface area (Å²) < 4.78 is 11.0. The van der Waals surface area contributed by atoms with Crippen LogP contribution in [0.3, 0.4) is 0 Å². The van der Waals surface area contributed by atoms with Crippen molar-refractivity contribution in [3.05, 3.63) is 69.4 Å². The zero-order valence-corrected chi connectivity index (χ0v) is 23.4. The van der Waals surface area contributed by atoms with Gasteiger partial charge in [0.15, 0.2) is 12.0 Å². The van der Waals surface area contributed by atoms with Crippen molar-refractivity contribution in [1.82, 2.24) is 0 Å². The maximum Gasteiger partial charge on any atom is 0.303 e. The van der Waals surface area contributed by atoms with Gasteiger partial charge in [-0.1, -0.05) is 37.3 Å². The molecule has 0 amide bonds. The normalized spacial score (nSPS) is 29.7. The van der Waals surface area contributed by atoms with Gasteiger partial charge in [0.05, 0.1) is 18.1 Å². The molecule has 3 unspecified atom stereocenters. The lowest BCUT2D eigenvalue weighted by molar-refractivity contribution is -0.150.